The molecule has 0 aromatic heterocycles. The third-order valence-corrected chi connectivity index (χ3v) is 2.15. The molecule has 0 aliphatic rings. The number of aliphatic hydroxyl groups excluding tert-OH is 2. The molecule has 0 radical (unpaired) electrons. The number of hydrogen-bond acceptors (Lipinski definition) is 4. The van der Waals surface area contributed by atoms with Crippen LogP contribution in [0.25, 0.3) is 0 Å². The van der Waals surface area contributed by atoms with E-state index in [1.807, 2.05) is 6.07 Å². The van der Waals surface area contributed by atoms with Gasteiger partial charge in [-0.3, -0.25) is 0 Å². The molecule has 0 saturated carbocycles. The summed E-state index contributed by atoms with van der Waals surface area (Å²) in [6.07, 6.45) is -2.68. The molecular weight excluding hydrogens is 192 g/mol. The van der Waals surface area contributed by atoms with Gasteiger partial charge in [0.1, 0.15) is 6.10 Å². The largest absolute Gasteiger partial charge is 0.385 e. The molecule has 0 heterocycles. The van der Waals surface area contributed by atoms with Crippen LogP contribution in [-0.2, 0) is 0 Å². The van der Waals surface area contributed by atoms with Crippen molar-refractivity contribution in [3.63, 3.8) is 0 Å². The van der Waals surface area contributed by atoms with Gasteiger partial charge >= 0.3 is 0 Å². The van der Waals surface area contributed by atoms with Crippen LogP contribution in [0.3, 0.4) is 0 Å². The number of aryl methyl sites for hydroxylation is 1. The molecular formula is C11H10N2O2. The van der Waals surface area contributed by atoms with E-state index in [0.29, 0.717) is 16.7 Å². The highest BCUT2D eigenvalue weighted by atomic mass is 16.3. The number of aliphatic hydroxyl groups is 2. The highest BCUT2D eigenvalue weighted by Gasteiger charge is 2.19. The Labute approximate surface area is 87.6 Å². The van der Waals surface area contributed by atoms with Crippen molar-refractivity contribution in [3.05, 3.63) is 34.9 Å². The van der Waals surface area contributed by atoms with Gasteiger partial charge < -0.3 is 10.2 Å². The number of benzene rings is 1. The molecule has 4 nitrogen and oxygen atoms in total. The van der Waals surface area contributed by atoms with Crippen molar-refractivity contribution < 1.29 is 10.2 Å². The SMILES string of the molecule is Cc1cc(C#N)ccc1C(O)C(O)C#N. The summed E-state index contributed by atoms with van der Waals surface area (Å²) in [5.41, 5.74) is 1.62. The van der Waals surface area contributed by atoms with Crippen molar-refractivity contribution >= 4 is 0 Å². The van der Waals surface area contributed by atoms with Crippen molar-refractivity contribution in [1.29, 1.82) is 10.5 Å². The summed E-state index contributed by atoms with van der Waals surface area (Å²) in [5.74, 6) is 0. The first-order valence-electron chi connectivity index (χ1n) is 4.36. The van der Waals surface area contributed by atoms with E-state index in [-0.39, 0.29) is 0 Å². The van der Waals surface area contributed by atoms with Crippen LogP contribution in [0.2, 0.25) is 0 Å². The van der Waals surface area contributed by atoms with Gasteiger partial charge in [0.15, 0.2) is 6.10 Å². The maximum absolute atomic E-state index is 9.58. The highest BCUT2D eigenvalue weighted by molar-refractivity contribution is 5.39. The van der Waals surface area contributed by atoms with Crippen LogP contribution in [0.15, 0.2) is 18.2 Å². The molecule has 1 aromatic rings. The minimum atomic E-state index is -1.45. The zero-order chi connectivity index (χ0) is 11.4. The molecule has 0 aliphatic carbocycles. The summed E-state index contributed by atoms with van der Waals surface area (Å²) >= 11 is 0. The van der Waals surface area contributed by atoms with E-state index in [1.165, 1.54) is 6.07 Å². The van der Waals surface area contributed by atoms with Crippen LogP contribution in [0.1, 0.15) is 22.8 Å². The second-order valence-corrected chi connectivity index (χ2v) is 3.20. The van der Waals surface area contributed by atoms with E-state index in [2.05, 4.69) is 0 Å². The van der Waals surface area contributed by atoms with Gasteiger partial charge in [0.05, 0.1) is 17.7 Å². The Balaban J connectivity index is 3.08. The third kappa shape index (κ3) is 2.32. The fourth-order valence-electron chi connectivity index (χ4n) is 1.32. The van der Waals surface area contributed by atoms with E-state index in [0.717, 1.165) is 0 Å². The molecule has 2 atom stereocenters. The molecule has 76 valence electrons. The molecule has 15 heavy (non-hydrogen) atoms. The second kappa shape index (κ2) is 4.56. The average Bonchev–Trinajstić information content (AvgIpc) is 2.26. The lowest BCUT2D eigenvalue weighted by molar-refractivity contribution is 0.0524. The second-order valence-electron chi connectivity index (χ2n) is 3.20. The van der Waals surface area contributed by atoms with Crippen molar-refractivity contribution in [2.45, 2.75) is 19.1 Å². The smallest absolute Gasteiger partial charge is 0.170 e. The van der Waals surface area contributed by atoms with Crippen LogP contribution in [0.4, 0.5) is 0 Å². The highest BCUT2D eigenvalue weighted by Crippen LogP contribution is 2.21. The van der Waals surface area contributed by atoms with Crippen LogP contribution in [0.5, 0.6) is 0 Å². The standard InChI is InChI=1S/C11H10N2O2/c1-7-4-8(5-12)2-3-9(7)11(15)10(14)6-13/h2-4,10-11,14-15H,1H3. The lowest BCUT2D eigenvalue weighted by Gasteiger charge is -2.14. The van der Waals surface area contributed by atoms with Gasteiger partial charge in [-0.2, -0.15) is 10.5 Å². The van der Waals surface area contributed by atoms with Crippen LogP contribution in [0, 0.1) is 29.6 Å². The molecule has 1 rings (SSSR count). The molecule has 1 aromatic carbocycles. The van der Waals surface area contributed by atoms with Crippen molar-refractivity contribution in [1.82, 2.24) is 0 Å². The summed E-state index contributed by atoms with van der Waals surface area (Å²) in [6.45, 7) is 1.71. The molecule has 4 heteroatoms. The summed E-state index contributed by atoms with van der Waals surface area (Å²) in [7, 11) is 0. The predicted octanol–water partition coefficient (Wildman–Crippen LogP) is 0.785. The normalized spacial score (nSPS) is 13.7. The van der Waals surface area contributed by atoms with Gasteiger partial charge in [0, 0.05) is 0 Å². The van der Waals surface area contributed by atoms with Crippen LogP contribution in [-0.4, -0.2) is 16.3 Å². The minimum absolute atomic E-state index is 0.461. The molecule has 0 aliphatic heterocycles. The number of nitriles is 2. The minimum Gasteiger partial charge on any atom is -0.385 e. The lowest BCUT2D eigenvalue weighted by atomic mass is 9.98. The Morgan fingerprint density at radius 1 is 1.27 bits per heavy atom. The molecule has 0 bridgehead atoms. The van der Waals surface area contributed by atoms with E-state index < -0.39 is 12.2 Å². The first-order chi connectivity index (χ1) is 7.10. The van der Waals surface area contributed by atoms with Gasteiger partial charge in [-0.05, 0) is 30.2 Å². The Morgan fingerprint density at radius 2 is 1.93 bits per heavy atom. The zero-order valence-electron chi connectivity index (χ0n) is 8.18. The van der Waals surface area contributed by atoms with E-state index >= 15 is 0 Å². The van der Waals surface area contributed by atoms with E-state index in [9.17, 15) is 5.11 Å². The Kier molecular flexibility index (Phi) is 3.41. The maximum atomic E-state index is 9.58. The molecule has 0 amide bonds. The summed E-state index contributed by atoms with van der Waals surface area (Å²) in [4.78, 5) is 0. The molecule has 0 saturated heterocycles. The van der Waals surface area contributed by atoms with Crippen LogP contribution < -0.4 is 0 Å². The average molecular weight is 202 g/mol. The van der Waals surface area contributed by atoms with Gasteiger partial charge in [-0.15, -0.1) is 0 Å². The van der Waals surface area contributed by atoms with Gasteiger partial charge in [-0.25, -0.2) is 0 Å². The Bertz CT molecular complexity index is 443. The van der Waals surface area contributed by atoms with Crippen LogP contribution >= 0.6 is 0 Å². The molecule has 0 fully saturated rings. The first-order valence-corrected chi connectivity index (χ1v) is 4.36. The molecule has 0 spiro atoms. The summed E-state index contributed by atoms with van der Waals surface area (Å²) in [6, 6.07) is 8.21. The number of hydrogen-bond donors (Lipinski definition) is 2. The van der Waals surface area contributed by atoms with Gasteiger partial charge in [0.2, 0.25) is 0 Å². The Hall–Kier alpha value is -1.88. The Morgan fingerprint density at radius 3 is 2.40 bits per heavy atom. The number of nitrogens with zero attached hydrogens (tertiary/aromatic N) is 2. The molecule has 2 N–H and O–H groups in total. The lowest BCUT2D eigenvalue weighted by Crippen LogP contribution is -2.16. The van der Waals surface area contributed by atoms with Crippen molar-refractivity contribution in [3.8, 4) is 12.1 Å². The first kappa shape index (κ1) is 11.2. The monoisotopic (exact) mass is 202 g/mol. The van der Waals surface area contributed by atoms with E-state index in [4.69, 9.17) is 15.6 Å². The molecule has 2 unspecified atom stereocenters. The maximum Gasteiger partial charge on any atom is 0.170 e. The number of rotatable bonds is 2. The van der Waals surface area contributed by atoms with Crippen molar-refractivity contribution in [2.24, 2.45) is 0 Å². The fraction of sp³-hybridized carbons (Fsp3) is 0.273. The summed E-state index contributed by atoms with van der Waals surface area (Å²) < 4.78 is 0. The topological polar surface area (TPSA) is 88.0 Å². The van der Waals surface area contributed by atoms with Gasteiger partial charge in [0.25, 0.3) is 0 Å². The predicted molar refractivity (Wildman–Crippen MR) is 52.5 cm³/mol. The van der Waals surface area contributed by atoms with E-state index in [1.54, 1.807) is 25.1 Å². The fourth-order valence-corrected chi connectivity index (χ4v) is 1.32. The van der Waals surface area contributed by atoms with Crippen molar-refractivity contribution in [2.75, 3.05) is 0 Å². The summed E-state index contributed by atoms with van der Waals surface area (Å²) in [5, 5.41) is 35.8. The third-order valence-electron chi connectivity index (χ3n) is 2.15. The quantitative estimate of drug-likeness (QED) is 0.694. The van der Waals surface area contributed by atoms with Gasteiger partial charge in [-0.1, -0.05) is 6.07 Å². The zero-order valence-corrected chi connectivity index (χ0v) is 8.18.